The van der Waals surface area contributed by atoms with Crippen LogP contribution in [0.25, 0.3) is 0 Å². The van der Waals surface area contributed by atoms with Gasteiger partial charge in [-0.3, -0.25) is 9.47 Å². The zero-order valence-electron chi connectivity index (χ0n) is 14.4. The number of rotatable bonds is 6. The molecule has 1 aromatic heterocycles. The third-order valence-electron chi connectivity index (χ3n) is 4.03. The van der Waals surface area contributed by atoms with Crippen LogP contribution in [0.15, 0.2) is 54.6 Å². The number of benzene rings is 2. The Balaban J connectivity index is 1.71. The van der Waals surface area contributed by atoms with Crippen LogP contribution in [0.1, 0.15) is 17.0 Å². The van der Waals surface area contributed by atoms with Crippen LogP contribution in [0.5, 0.6) is 0 Å². The minimum atomic E-state index is -0.219. The smallest absolute Gasteiger partial charge is 0.199 e. The van der Waals surface area contributed by atoms with Crippen molar-refractivity contribution in [3.8, 4) is 0 Å². The van der Waals surface area contributed by atoms with Gasteiger partial charge < -0.3 is 0 Å². The Kier molecular flexibility index (Phi) is 5.40. The van der Waals surface area contributed by atoms with Crippen LogP contribution in [-0.2, 0) is 19.8 Å². The molecule has 0 aliphatic carbocycles. The van der Waals surface area contributed by atoms with Crippen LogP contribution in [0.2, 0.25) is 0 Å². The van der Waals surface area contributed by atoms with E-state index in [1.807, 2.05) is 41.4 Å². The molecule has 0 radical (unpaired) electrons. The molecule has 0 saturated heterocycles. The van der Waals surface area contributed by atoms with Crippen molar-refractivity contribution in [2.75, 3.05) is 7.05 Å². The van der Waals surface area contributed by atoms with Crippen LogP contribution < -0.4 is 0 Å². The van der Waals surface area contributed by atoms with E-state index in [0.717, 1.165) is 11.4 Å². The molecule has 0 spiro atoms. The van der Waals surface area contributed by atoms with Crippen molar-refractivity contribution in [2.45, 2.75) is 26.7 Å². The summed E-state index contributed by atoms with van der Waals surface area (Å²) in [6.45, 7) is 3.97. The second-order valence-corrected chi connectivity index (χ2v) is 6.55. The van der Waals surface area contributed by atoms with Gasteiger partial charge in [-0.15, -0.1) is 0 Å². The Hall–Kier alpha value is -2.31. The molecule has 0 N–H and O–H groups in total. The van der Waals surface area contributed by atoms with E-state index in [4.69, 9.17) is 12.2 Å². The lowest BCUT2D eigenvalue weighted by Gasteiger charge is -2.16. The lowest BCUT2D eigenvalue weighted by atomic mass is 10.2. The Morgan fingerprint density at radius 2 is 1.72 bits per heavy atom. The van der Waals surface area contributed by atoms with Gasteiger partial charge in [0.15, 0.2) is 4.77 Å². The van der Waals surface area contributed by atoms with Crippen molar-refractivity contribution >= 4 is 12.2 Å². The maximum absolute atomic E-state index is 13.0. The highest BCUT2D eigenvalue weighted by molar-refractivity contribution is 7.71. The van der Waals surface area contributed by atoms with Gasteiger partial charge in [0.05, 0.1) is 13.2 Å². The highest BCUT2D eigenvalue weighted by Gasteiger charge is 2.10. The Labute approximate surface area is 152 Å². The molecule has 0 saturated carbocycles. The fraction of sp³-hybridized carbons (Fsp3) is 0.263. The lowest BCUT2D eigenvalue weighted by Crippen LogP contribution is -2.22. The van der Waals surface area contributed by atoms with E-state index in [2.05, 4.69) is 22.1 Å². The topological polar surface area (TPSA) is 26.0 Å². The normalized spacial score (nSPS) is 11.2. The molecule has 0 aliphatic rings. The molecule has 130 valence electrons. The molecule has 0 aliphatic heterocycles. The van der Waals surface area contributed by atoms with Crippen molar-refractivity contribution in [3.63, 3.8) is 0 Å². The Morgan fingerprint density at radius 3 is 2.40 bits per heavy atom. The molecule has 25 heavy (non-hydrogen) atoms. The number of halogens is 1. The third kappa shape index (κ3) is 4.41. The monoisotopic (exact) mass is 356 g/mol. The summed E-state index contributed by atoms with van der Waals surface area (Å²) in [5.41, 5.74) is 2.25. The van der Waals surface area contributed by atoms with E-state index < -0.39 is 0 Å². The summed E-state index contributed by atoms with van der Waals surface area (Å²) in [5.74, 6) is 0.674. The van der Waals surface area contributed by atoms with Crippen molar-refractivity contribution in [1.82, 2.24) is 19.2 Å². The van der Waals surface area contributed by atoms with E-state index in [-0.39, 0.29) is 5.82 Å². The van der Waals surface area contributed by atoms with Gasteiger partial charge in [-0.2, -0.15) is 5.10 Å². The van der Waals surface area contributed by atoms with E-state index in [9.17, 15) is 4.39 Å². The maximum Gasteiger partial charge on any atom is 0.199 e. The number of hydrogen-bond donors (Lipinski definition) is 0. The minimum absolute atomic E-state index is 0.219. The molecule has 0 atom stereocenters. The molecule has 3 aromatic rings. The van der Waals surface area contributed by atoms with Gasteiger partial charge in [0.2, 0.25) is 0 Å². The zero-order chi connectivity index (χ0) is 17.8. The van der Waals surface area contributed by atoms with Crippen molar-refractivity contribution in [1.29, 1.82) is 0 Å². The molecule has 6 heteroatoms. The predicted molar refractivity (Wildman–Crippen MR) is 99.2 cm³/mol. The number of aryl methyl sites for hydroxylation is 1. The first kappa shape index (κ1) is 17.5. The molecular formula is C19H21FN4S. The van der Waals surface area contributed by atoms with Gasteiger partial charge in [0.25, 0.3) is 0 Å². The molecule has 2 aromatic carbocycles. The second kappa shape index (κ2) is 7.72. The van der Waals surface area contributed by atoms with Gasteiger partial charge in [-0.1, -0.05) is 42.5 Å². The highest BCUT2D eigenvalue weighted by atomic mass is 32.1. The highest BCUT2D eigenvalue weighted by Crippen LogP contribution is 2.09. The first-order valence-corrected chi connectivity index (χ1v) is 8.55. The van der Waals surface area contributed by atoms with Crippen LogP contribution in [0.3, 0.4) is 0 Å². The van der Waals surface area contributed by atoms with E-state index in [1.54, 1.807) is 12.1 Å². The zero-order valence-corrected chi connectivity index (χ0v) is 15.2. The second-order valence-electron chi connectivity index (χ2n) is 6.18. The summed E-state index contributed by atoms with van der Waals surface area (Å²) in [7, 11) is 2.00. The van der Waals surface area contributed by atoms with Gasteiger partial charge in [0, 0.05) is 6.54 Å². The maximum atomic E-state index is 13.0. The first-order chi connectivity index (χ1) is 12.0. The molecule has 3 rings (SSSR count). The lowest BCUT2D eigenvalue weighted by molar-refractivity contribution is 0.243. The standard InChI is InChI=1S/C19H21FN4S/c1-15-21-24(14-22(2)12-17-8-10-18(20)11-9-17)19(25)23(15)13-16-6-4-3-5-7-16/h3-11H,12-14H2,1-2H3. The van der Waals surface area contributed by atoms with Crippen LogP contribution >= 0.6 is 12.2 Å². The summed E-state index contributed by atoms with van der Waals surface area (Å²) in [5, 5.41) is 4.58. The van der Waals surface area contributed by atoms with Crippen molar-refractivity contribution in [2.24, 2.45) is 0 Å². The first-order valence-electron chi connectivity index (χ1n) is 8.14. The quantitative estimate of drug-likeness (QED) is 0.625. The Bertz CT molecular complexity index is 884. The molecular weight excluding hydrogens is 335 g/mol. The van der Waals surface area contributed by atoms with Gasteiger partial charge in [-0.25, -0.2) is 9.07 Å². The van der Waals surface area contributed by atoms with Crippen molar-refractivity contribution in [3.05, 3.63) is 82.1 Å². The molecule has 4 nitrogen and oxygen atoms in total. The summed E-state index contributed by atoms with van der Waals surface area (Å²) in [6.07, 6.45) is 0. The van der Waals surface area contributed by atoms with Crippen molar-refractivity contribution < 1.29 is 4.39 Å². The molecule has 0 fully saturated rings. The van der Waals surface area contributed by atoms with E-state index in [0.29, 0.717) is 24.5 Å². The average molecular weight is 356 g/mol. The molecule has 0 amide bonds. The number of aromatic nitrogens is 3. The minimum Gasteiger partial charge on any atom is -0.300 e. The summed E-state index contributed by atoms with van der Waals surface area (Å²) < 4.78 is 17.6. The van der Waals surface area contributed by atoms with Gasteiger partial charge in [-0.05, 0) is 49.4 Å². The Morgan fingerprint density at radius 1 is 1.04 bits per heavy atom. The third-order valence-corrected chi connectivity index (χ3v) is 4.46. The predicted octanol–water partition coefficient (Wildman–Crippen LogP) is 4.00. The molecule has 0 bridgehead atoms. The van der Waals surface area contributed by atoms with Gasteiger partial charge >= 0.3 is 0 Å². The number of hydrogen-bond acceptors (Lipinski definition) is 3. The molecule has 1 heterocycles. The fourth-order valence-corrected chi connectivity index (χ4v) is 3.06. The SMILES string of the molecule is Cc1nn(CN(C)Cc2ccc(F)cc2)c(=S)n1Cc1ccccc1. The average Bonchev–Trinajstić information content (AvgIpc) is 2.85. The fourth-order valence-electron chi connectivity index (χ4n) is 2.77. The summed E-state index contributed by atoms with van der Waals surface area (Å²) >= 11 is 5.60. The van der Waals surface area contributed by atoms with Crippen LogP contribution in [0.4, 0.5) is 4.39 Å². The summed E-state index contributed by atoms with van der Waals surface area (Å²) in [6, 6.07) is 16.8. The van der Waals surface area contributed by atoms with E-state index in [1.165, 1.54) is 17.7 Å². The van der Waals surface area contributed by atoms with Gasteiger partial charge in [0.1, 0.15) is 11.6 Å². The summed E-state index contributed by atoms with van der Waals surface area (Å²) in [4.78, 5) is 2.10. The van der Waals surface area contributed by atoms with Crippen LogP contribution in [-0.4, -0.2) is 26.3 Å². The number of nitrogens with zero attached hydrogens (tertiary/aromatic N) is 4. The molecule has 0 unspecified atom stereocenters. The largest absolute Gasteiger partial charge is 0.300 e. The van der Waals surface area contributed by atoms with Crippen LogP contribution in [0, 0.1) is 17.5 Å². The van der Waals surface area contributed by atoms with E-state index >= 15 is 0 Å².